The Labute approximate surface area is 152 Å². The molecule has 0 aliphatic carbocycles. The van der Waals surface area contributed by atoms with Crippen molar-refractivity contribution in [1.82, 2.24) is 0 Å². The van der Waals surface area contributed by atoms with E-state index in [4.69, 9.17) is 9.05 Å². The van der Waals surface area contributed by atoms with Crippen LogP contribution in [0.4, 0.5) is 0 Å². The fraction of sp³-hybridized carbons (Fsp3) is 0. The van der Waals surface area contributed by atoms with E-state index in [0.717, 1.165) is 10.8 Å². The first-order valence-electron chi connectivity index (χ1n) is 8.32. The fourth-order valence-electron chi connectivity index (χ4n) is 2.76. The van der Waals surface area contributed by atoms with E-state index in [1.54, 1.807) is 24.3 Å². The van der Waals surface area contributed by atoms with E-state index in [-0.39, 0.29) is 0 Å². The molecule has 4 rings (SSSR count). The molecule has 0 heterocycles. The van der Waals surface area contributed by atoms with E-state index in [9.17, 15) is 4.57 Å². The summed E-state index contributed by atoms with van der Waals surface area (Å²) in [5, 5.41) is 2.42. The smallest absolute Gasteiger partial charge is 0.413 e. The second-order valence-corrected chi connectivity index (χ2v) is 7.68. The lowest BCUT2D eigenvalue weighted by Gasteiger charge is -2.21. The van der Waals surface area contributed by atoms with Crippen molar-refractivity contribution in [2.24, 2.45) is 0 Å². The molecule has 1 unspecified atom stereocenters. The maximum absolute atomic E-state index is 13.8. The molecule has 0 saturated heterocycles. The van der Waals surface area contributed by atoms with Gasteiger partial charge in [-0.1, -0.05) is 72.8 Å². The van der Waals surface area contributed by atoms with E-state index >= 15 is 0 Å². The van der Waals surface area contributed by atoms with E-state index < -0.39 is 7.60 Å². The molecule has 0 aliphatic rings. The molecule has 26 heavy (non-hydrogen) atoms. The van der Waals surface area contributed by atoms with Crippen molar-refractivity contribution in [2.75, 3.05) is 0 Å². The third-order valence-electron chi connectivity index (χ3n) is 4.01. The molecule has 3 nitrogen and oxygen atoms in total. The number of fused-ring (bicyclic) bond motifs is 1. The third-order valence-corrected chi connectivity index (χ3v) is 5.83. The molecule has 4 aromatic carbocycles. The van der Waals surface area contributed by atoms with E-state index in [1.807, 2.05) is 78.9 Å². The highest BCUT2D eigenvalue weighted by molar-refractivity contribution is 7.63. The Hall–Kier alpha value is -3.03. The third kappa shape index (κ3) is 3.35. The van der Waals surface area contributed by atoms with Crippen LogP contribution in [0.5, 0.6) is 11.5 Å². The highest BCUT2D eigenvalue weighted by Crippen LogP contribution is 2.48. The van der Waals surface area contributed by atoms with Crippen molar-refractivity contribution in [3.05, 3.63) is 103 Å². The van der Waals surface area contributed by atoms with Crippen LogP contribution in [-0.4, -0.2) is 0 Å². The second kappa shape index (κ2) is 7.07. The SMILES string of the molecule is O=P(Oc1ccccc1)(Oc1cccc2ccccc12)c1ccccc1. The maximum Gasteiger partial charge on any atom is 0.462 e. The topological polar surface area (TPSA) is 35.5 Å². The van der Waals surface area contributed by atoms with Gasteiger partial charge >= 0.3 is 7.60 Å². The molecule has 0 spiro atoms. The first kappa shape index (κ1) is 16.4. The zero-order valence-electron chi connectivity index (χ0n) is 14.0. The monoisotopic (exact) mass is 360 g/mol. The molecule has 0 aromatic heterocycles. The molecule has 0 bridgehead atoms. The summed E-state index contributed by atoms with van der Waals surface area (Å²) < 4.78 is 25.7. The van der Waals surface area contributed by atoms with Crippen LogP contribution in [0.15, 0.2) is 103 Å². The van der Waals surface area contributed by atoms with Gasteiger partial charge in [-0.15, -0.1) is 0 Å². The summed E-state index contributed by atoms with van der Waals surface area (Å²) in [5.41, 5.74) is 0. The average molecular weight is 360 g/mol. The number of hydrogen-bond donors (Lipinski definition) is 0. The van der Waals surface area contributed by atoms with Crippen LogP contribution in [0.25, 0.3) is 10.8 Å². The Morgan fingerprint density at radius 3 is 1.96 bits per heavy atom. The van der Waals surface area contributed by atoms with Gasteiger partial charge in [0.2, 0.25) is 0 Å². The molecule has 128 valence electrons. The van der Waals surface area contributed by atoms with Crippen molar-refractivity contribution >= 4 is 23.7 Å². The highest BCUT2D eigenvalue weighted by atomic mass is 31.2. The average Bonchev–Trinajstić information content (AvgIpc) is 2.70. The molecule has 0 aliphatic heterocycles. The lowest BCUT2D eigenvalue weighted by Crippen LogP contribution is -2.14. The quantitative estimate of drug-likeness (QED) is 0.421. The minimum absolute atomic E-state index is 0.500. The van der Waals surface area contributed by atoms with Crippen LogP contribution in [0.2, 0.25) is 0 Å². The van der Waals surface area contributed by atoms with Crippen LogP contribution in [0.1, 0.15) is 0 Å². The normalized spacial score (nSPS) is 13.1. The minimum Gasteiger partial charge on any atom is -0.413 e. The molecule has 4 heteroatoms. The number of benzene rings is 4. The van der Waals surface area contributed by atoms with Crippen molar-refractivity contribution in [3.8, 4) is 11.5 Å². The summed E-state index contributed by atoms with van der Waals surface area (Å²) in [6.45, 7) is 0. The minimum atomic E-state index is -3.62. The summed E-state index contributed by atoms with van der Waals surface area (Å²) in [6, 6.07) is 31.6. The van der Waals surface area contributed by atoms with E-state index in [1.165, 1.54) is 0 Å². The van der Waals surface area contributed by atoms with Gasteiger partial charge in [-0.2, -0.15) is 0 Å². The summed E-state index contributed by atoms with van der Waals surface area (Å²) in [4.78, 5) is 0. The zero-order chi connectivity index (χ0) is 17.8. The predicted octanol–water partition coefficient (Wildman–Crippen LogP) is 5.82. The van der Waals surface area contributed by atoms with Crippen molar-refractivity contribution in [2.45, 2.75) is 0 Å². The van der Waals surface area contributed by atoms with Crippen LogP contribution in [0.3, 0.4) is 0 Å². The van der Waals surface area contributed by atoms with Gasteiger partial charge < -0.3 is 9.05 Å². The molecule has 0 saturated carbocycles. The van der Waals surface area contributed by atoms with Crippen molar-refractivity contribution in [1.29, 1.82) is 0 Å². The van der Waals surface area contributed by atoms with E-state index in [2.05, 4.69) is 0 Å². The summed E-state index contributed by atoms with van der Waals surface area (Å²) in [5.74, 6) is 1.03. The van der Waals surface area contributed by atoms with Gasteiger partial charge in [0.25, 0.3) is 0 Å². The first-order valence-corrected chi connectivity index (χ1v) is 9.86. The van der Waals surface area contributed by atoms with Crippen molar-refractivity contribution < 1.29 is 13.6 Å². The standard InChI is InChI=1S/C22H17O3P/c23-26(20-14-5-2-6-15-20,24-19-12-3-1-4-13-19)25-22-17-9-11-18-10-7-8-16-21(18)22/h1-17H. The largest absolute Gasteiger partial charge is 0.462 e. The van der Waals surface area contributed by atoms with Crippen LogP contribution < -0.4 is 14.4 Å². The molecule has 0 fully saturated rings. The second-order valence-electron chi connectivity index (χ2n) is 5.81. The Kier molecular flexibility index (Phi) is 4.47. The van der Waals surface area contributed by atoms with Gasteiger partial charge in [0.15, 0.2) is 0 Å². The van der Waals surface area contributed by atoms with Crippen LogP contribution in [0, 0.1) is 0 Å². The van der Waals surface area contributed by atoms with Gasteiger partial charge in [-0.25, -0.2) is 4.57 Å². The molecule has 0 radical (unpaired) electrons. The lowest BCUT2D eigenvalue weighted by atomic mass is 10.1. The number of rotatable bonds is 5. The highest BCUT2D eigenvalue weighted by Gasteiger charge is 2.31. The van der Waals surface area contributed by atoms with Gasteiger partial charge in [0.05, 0.1) is 5.30 Å². The lowest BCUT2D eigenvalue weighted by molar-refractivity contribution is 0.401. The maximum atomic E-state index is 13.8. The van der Waals surface area contributed by atoms with E-state index in [0.29, 0.717) is 16.8 Å². The van der Waals surface area contributed by atoms with Gasteiger partial charge in [-0.05, 0) is 35.7 Å². The number of para-hydroxylation sites is 1. The Bertz CT molecular complexity index is 1060. The predicted molar refractivity (Wildman–Crippen MR) is 105 cm³/mol. The summed E-state index contributed by atoms with van der Waals surface area (Å²) in [6.07, 6.45) is 0. The molecule has 0 N–H and O–H groups in total. The van der Waals surface area contributed by atoms with Gasteiger partial charge in [-0.3, -0.25) is 0 Å². The molecular weight excluding hydrogens is 343 g/mol. The summed E-state index contributed by atoms with van der Waals surface area (Å²) in [7, 11) is -3.62. The van der Waals surface area contributed by atoms with Crippen LogP contribution >= 0.6 is 7.60 Å². The molecule has 1 atom stereocenters. The molecular formula is C22H17O3P. The number of hydrogen-bond acceptors (Lipinski definition) is 3. The first-order chi connectivity index (χ1) is 12.7. The fourth-order valence-corrected chi connectivity index (χ4v) is 4.36. The van der Waals surface area contributed by atoms with Crippen LogP contribution in [-0.2, 0) is 4.57 Å². The summed E-state index contributed by atoms with van der Waals surface area (Å²) >= 11 is 0. The van der Waals surface area contributed by atoms with Gasteiger partial charge in [0.1, 0.15) is 11.5 Å². The Morgan fingerprint density at radius 1 is 0.577 bits per heavy atom. The Morgan fingerprint density at radius 2 is 1.19 bits per heavy atom. The molecule has 4 aromatic rings. The van der Waals surface area contributed by atoms with Crippen molar-refractivity contribution in [3.63, 3.8) is 0 Å². The Balaban J connectivity index is 1.79. The van der Waals surface area contributed by atoms with Gasteiger partial charge in [0, 0.05) is 5.39 Å². The zero-order valence-corrected chi connectivity index (χ0v) is 14.9. The molecule has 0 amide bonds.